The lowest BCUT2D eigenvalue weighted by molar-refractivity contribution is -0.129. The molecule has 17 heavy (non-hydrogen) atoms. The molecule has 2 rings (SSSR count). The van der Waals surface area contributed by atoms with Gasteiger partial charge in [-0.3, -0.25) is 4.79 Å². The first kappa shape index (κ1) is 11.4. The Hall–Kier alpha value is -2.04. The molecule has 5 heteroatoms. The highest BCUT2D eigenvalue weighted by Gasteiger charge is 2.20. The number of nitrogens with one attached hydrogen (secondary N) is 1. The van der Waals surface area contributed by atoms with Gasteiger partial charge in [-0.2, -0.15) is 0 Å². The predicted octanol–water partition coefficient (Wildman–Crippen LogP) is 1.16. The van der Waals surface area contributed by atoms with E-state index in [-0.39, 0.29) is 11.5 Å². The number of carbonyl (C=O) groups is 2. The Bertz CT molecular complexity index is 471. The molecule has 0 aliphatic carbocycles. The Balaban J connectivity index is 2.44. The van der Waals surface area contributed by atoms with Gasteiger partial charge in [0.2, 0.25) is 5.91 Å². The quantitative estimate of drug-likeness (QED) is 0.765. The van der Waals surface area contributed by atoms with Gasteiger partial charge >= 0.3 is 5.97 Å². The van der Waals surface area contributed by atoms with E-state index in [2.05, 4.69) is 5.32 Å². The van der Waals surface area contributed by atoms with Gasteiger partial charge in [-0.15, -0.1) is 0 Å². The molecule has 1 aliphatic heterocycles. The van der Waals surface area contributed by atoms with Crippen LogP contribution < -0.4 is 5.32 Å². The van der Waals surface area contributed by atoms with Crippen LogP contribution >= 0.6 is 0 Å². The van der Waals surface area contributed by atoms with Gasteiger partial charge in [0.25, 0.3) is 0 Å². The summed E-state index contributed by atoms with van der Waals surface area (Å²) in [5.74, 6) is -1.01. The van der Waals surface area contributed by atoms with Crippen LogP contribution in [0.2, 0.25) is 0 Å². The monoisotopic (exact) mass is 234 g/mol. The largest absolute Gasteiger partial charge is 0.478 e. The maximum atomic E-state index is 11.4. The Labute approximate surface area is 99.0 Å². The summed E-state index contributed by atoms with van der Waals surface area (Å²) in [4.78, 5) is 24.2. The maximum absolute atomic E-state index is 11.4. The normalized spacial score (nSPS) is 14.5. The van der Waals surface area contributed by atoms with Gasteiger partial charge in [0, 0.05) is 37.8 Å². The summed E-state index contributed by atoms with van der Waals surface area (Å²) in [7, 11) is 0. The van der Waals surface area contributed by atoms with Crippen molar-refractivity contribution in [2.24, 2.45) is 0 Å². The molecule has 5 nitrogen and oxygen atoms in total. The second kappa shape index (κ2) is 4.45. The van der Waals surface area contributed by atoms with Gasteiger partial charge in [0.1, 0.15) is 0 Å². The molecule has 0 saturated heterocycles. The molecule has 1 aromatic carbocycles. The molecule has 0 atom stereocenters. The summed E-state index contributed by atoms with van der Waals surface area (Å²) in [6.07, 6.45) is 0. The highest BCUT2D eigenvalue weighted by Crippen LogP contribution is 2.24. The van der Waals surface area contributed by atoms with Crippen LogP contribution in [-0.4, -0.2) is 35.0 Å². The Morgan fingerprint density at radius 3 is 2.82 bits per heavy atom. The average molecular weight is 234 g/mol. The van der Waals surface area contributed by atoms with E-state index in [1.54, 1.807) is 17.0 Å². The van der Waals surface area contributed by atoms with Gasteiger partial charge in [0.15, 0.2) is 0 Å². The third-order valence-corrected chi connectivity index (χ3v) is 2.90. The SMILES string of the molecule is CC(=O)N1CCNc2cccc(C(=O)O)c2C1. The summed E-state index contributed by atoms with van der Waals surface area (Å²) in [5, 5.41) is 12.3. The van der Waals surface area contributed by atoms with Crippen LogP contribution in [0, 0.1) is 0 Å². The first-order chi connectivity index (χ1) is 8.09. The van der Waals surface area contributed by atoms with E-state index in [1.807, 2.05) is 6.07 Å². The fraction of sp³-hybridized carbons (Fsp3) is 0.333. The molecule has 0 aromatic heterocycles. The van der Waals surface area contributed by atoms with Crippen molar-refractivity contribution in [3.63, 3.8) is 0 Å². The molecule has 0 spiro atoms. The lowest BCUT2D eigenvalue weighted by Gasteiger charge is -2.18. The number of rotatable bonds is 1. The molecule has 1 amide bonds. The van der Waals surface area contributed by atoms with Crippen molar-refractivity contribution in [3.05, 3.63) is 29.3 Å². The van der Waals surface area contributed by atoms with Gasteiger partial charge in [-0.1, -0.05) is 6.07 Å². The van der Waals surface area contributed by atoms with E-state index in [1.165, 1.54) is 6.92 Å². The van der Waals surface area contributed by atoms with Crippen molar-refractivity contribution in [3.8, 4) is 0 Å². The Morgan fingerprint density at radius 1 is 1.41 bits per heavy atom. The fourth-order valence-electron chi connectivity index (χ4n) is 1.99. The number of carbonyl (C=O) groups excluding carboxylic acids is 1. The number of hydrogen-bond donors (Lipinski definition) is 2. The van der Waals surface area contributed by atoms with Crippen LogP contribution in [0.25, 0.3) is 0 Å². The van der Waals surface area contributed by atoms with Gasteiger partial charge < -0.3 is 15.3 Å². The molecule has 0 radical (unpaired) electrons. The predicted molar refractivity (Wildman–Crippen MR) is 63.0 cm³/mol. The van der Waals surface area contributed by atoms with Gasteiger partial charge in [-0.05, 0) is 12.1 Å². The molecule has 1 aliphatic rings. The molecule has 1 heterocycles. The standard InChI is InChI=1S/C12H14N2O3/c1-8(15)14-6-5-13-11-4-2-3-9(12(16)17)10(11)7-14/h2-4,13H,5-7H2,1H3,(H,16,17). The minimum absolute atomic E-state index is 0.0418. The number of carboxylic acid groups (broad SMARTS) is 1. The topological polar surface area (TPSA) is 69.6 Å². The van der Waals surface area contributed by atoms with E-state index in [0.29, 0.717) is 25.2 Å². The molecule has 0 saturated carbocycles. The van der Waals surface area contributed by atoms with Crippen LogP contribution in [-0.2, 0) is 11.3 Å². The fourth-order valence-corrected chi connectivity index (χ4v) is 1.99. The summed E-state index contributed by atoms with van der Waals surface area (Å²) in [6.45, 7) is 3.06. The molecule has 90 valence electrons. The van der Waals surface area contributed by atoms with Crippen LogP contribution in [0.5, 0.6) is 0 Å². The van der Waals surface area contributed by atoms with Gasteiger partial charge in [0.05, 0.1) is 5.56 Å². The summed E-state index contributed by atoms with van der Waals surface area (Å²) < 4.78 is 0. The van der Waals surface area contributed by atoms with Crippen LogP contribution in [0.4, 0.5) is 5.69 Å². The number of fused-ring (bicyclic) bond motifs is 1. The van der Waals surface area contributed by atoms with E-state index < -0.39 is 5.97 Å². The van der Waals surface area contributed by atoms with E-state index in [4.69, 9.17) is 5.11 Å². The number of aromatic carboxylic acids is 1. The second-order valence-electron chi connectivity index (χ2n) is 4.00. The van der Waals surface area contributed by atoms with Crippen molar-refractivity contribution < 1.29 is 14.7 Å². The van der Waals surface area contributed by atoms with Crippen molar-refractivity contribution in [2.75, 3.05) is 18.4 Å². The Morgan fingerprint density at radius 2 is 2.18 bits per heavy atom. The van der Waals surface area contributed by atoms with Crippen LogP contribution in [0.3, 0.4) is 0 Å². The Kier molecular flexibility index (Phi) is 2.99. The van der Waals surface area contributed by atoms with Crippen molar-refractivity contribution in [1.29, 1.82) is 0 Å². The zero-order valence-electron chi connectivity index (χ0n) is 9.56. The summed E-state index contributed by atoms with van der Waals surface area (Å²) in [5.41, 5.74) is 1.73. The molecule has 1 aromatic rings. The van der Waals surface area contributed by atoms with Gasteiger partial charge in [-0.25, -0.2) is 4.79 Å². The smallest absolute Gasteiger partial charge is 0.336 e. The molecule has 0 unspecified atom stereocenters. The molecular formula is C12H14N2O3. The molecule has 0 fully saturated rings. The first-order valence-corrected chi connectivity index (χ1v) is 5.44. The third kappa shape index (κ3) is 2.22. The number of amides is 1. The first-order valence-electron chi connectivity index (χ1n) is 5.44. The number of anilines is 1. The maximum Gasteiger partial charge on any atom is 0.336 e. The third-order valence-electron chi connectivity index (χ3n) is 2.90. The lowest BCUT2D eigenvalue weighted by Crippen LogP contribution is -2.30. The van der Waals surface area contributed by atoms with E-state index >= 15 is 0 Å². The average Bonchev–Trinajstić information content (AvgIpc) is 2.49. The van der Waals surface area contributed by atoms with Crippen molar-refractivity contribution >= 4 is 17.6 Å². The summed E-state index contributed by atoms with van der Waals surface area (Å²) in [6, 6.07) is 5.11. The minimum Gasteiger partial charge on any atom is -0.478 e. The second-order valence-corrected chi connectivity index (χ2v) is 4.00. The number of hydrogen-bond acceptors (Lipinski definition) is 3. The lowest BCUT2D eigenvalue weighted by atomic mass is 10.0. The molecular weight excluding hydrogens is 220 g/mol. The molecule has 2 N–H and O–H groups in total. The summed E-state index contributed by atoms with van der Waals surface area (Å²) >= 11 is 0. The van der Waals surface area contributed by atoms with E-state index in [0.717, 1.165) is 5.69 Å². The number of benzene rings is 1. The highest BCUT2D eigenvalue weighted by atomic mass is 16.4. The molecule has 0 bridgehead atoms. The minimum atomic E-state index is -0.964. The van der Waals surface area contributed by atoms with Crippen LogP contribution in [0.15, 0.2) is 18.2 Å². The van der Waals surface area contributed by atoms with E-state index in [9.17, 15) is 9.59 Å². The highest BCUT2D eigenvalue weighted by molar-refractivity contribution is 5.91. The number of carboxylic acids is 1. The van der Waals surface area contributed by atoms with Crippen molar-refractivity contribution in [1.82, 2.24) is 4.90 Å². The zero-order chi connectivity index (χ0) is 12.4. The van der Waals surface area contributed by atoms with Crippen molar-refractivity contribution in [2.45, 2.75) is 13.5 Å². The zero-order valence-corrected chi connectivity index (χ0v) is 9.56. The number of nitrogens with zero attached hydrogens (tertiary/aromatic N) is 1. The van der Waals surface area contributed by atoms with Crippen LogP contribution in [0.1, 0.15) is 22.8 Å².